The molecule has 1 rings (SSSR count). The molecule has 0 radical (unpaired) electrons. The summed E-state index contributed by atoms with van der Waals surface area (Å²) in [6.07, 6.45) is 1.54. The number of aliphatic hydroxyl groups is 1. The van der Waals surface area contributed by atoms with E-state index < -0.39 is 5.60 Å². The lowest BCUT2D eigenvalue weighted by molar-refractivity contribution is 0.0692. The van der Waals surface area contributed by atoms with Crippen molar-refractivity contribution in [2.75, 3.05) is 12.3 Å². The Labute approximate surface area is 82.3 Å². The molecule has 1 amide bonds. The molecule has 5 nitrogen and oxygen atoms in total. The van der Waals surface area contributed by atoms with Gasteiger partial charge in [0, 0.05) is 18.4 Å². The van der Waals surface area contributed by atoms with E-state index in [2.05, 4.69) is 10.3 Å². The van der Waals surface area contributed by atoms with Gasteiger partial charge in [-0.15, -0.1) is 0 Å². The molecule has 0 saturated heterocycles. The first kappa shape index (κ1) is 10.6. The van der Waals surface area contributed by atoms with E-state index in [9.17, 15) is 9.90 Å². The Balaban J connectivity index is 2.52. The fourth-order valence-corrected chi connectivity index (χ4v) is 0.934. The maximum Gasteiger partial charge on any atom is 0.267 e. The Morgan fingerprint density at radius 1 is 1.71 bits per heavy atom. The summed E-state index contributed by atoms with van der Waals surface area (Å²) in [4.78, 5) is 14.1. The monoisotopic (exact) mass is 197 g/mol. The number of rotatable bonds is 3. The summed E-state index contributed by atoms with van der Waals surface area (Å²) in [5.41, 5.74) is 5.44. The summed E-state index contributed by atoms with van der Waals surface area (Å²) in [7, 11) is 0. The molecule has 1 heterocycles. The highest BCUT2D eigenvalue weighted by Gasteiger charge is 2.15. The molecule has 0 aliphatic rings. The molecule has 0 fully saturated rings. The van der Waals surface area contributed by atoms with Crippen molar-refractivity contribution in [3.8, 4) is 0 Å². The number of nitrogens with one attached hydrogen (secondary N) is 2. The molecule has 0 aliphatic heterocycles. The molecule has 5 N–H and O–H groups in total. The van der Waals surface area contributed by atoms with Crippen LogP contribution in [0.15, 0.2) is 12.3 Å². The van der Waals surface area contributed by atoms with Crippen molar-refractivity contribution in [2.45, 2.75) is 19.4 Å². The fourth-order valence-electron chi connectivity index (χ4n) is 0.934. The van der Waals surface area contributed by atoms with E-state index in [4.69, 9.17) is 5.73 Å². The minimum absolute atomic E-state index is 0.199. The number of carbonyl (C=O) groups excluding carboxylic acids is 1. The number of amides is 1. The average molecular weight is 197 g/mol. The van der Waals surface area contributed by atoms with Crippen LogP contribution in [0.4, 0.5) is 5.69 Å². The van der Waals surface area contributed by atoms with E-state index >= 15 is 0 Å². The fraction of sp³-hybridized carbons (Fsp3) is 0.444. The lowest BCUT2D eigenvalue weighted by Crippen LogP contribution is -2.38. The van der Waals surface area contributed by atoms with Gasteiger partial charge in [0.05, 0.1) is 5.60 Å². The first-order valence-corrected chi connectivity index (χ1v) is 4.33. The Morgan fingerprint density at radius 2 is 2.36 bits per heavy atom. The SMILES string of the molecule is CC(C)(O)CNC(=O)c1cc(N)c[nH]1. The summed E-state index contributed by atoms with van der Waals surface area (Å²) in [6, 6.07) is 1.54. The van der Waals surface area contributed by atoms with Gasteiger partial charge in [0.15, 0.2) is 0 Å². The summed E-state index contributed by atoms with van der Waals surface area (Å²) >= 11 is 0. The minimum atomic E-state index is -0.909. The third-order valence-electron chi connectivity index (χ3n) is 1.63. The van der Waals surface area contributed by atoms with E-state index in [0.717, 1.165) is 0 Å². The predicted molar refractivity (Wildman–Crippen MR) is 53.8 cm³/mol. The lowest BCUT2D eigenvalue weighted by Gasteiger charge is -2.17. The molecule has 14 heavy (non-hydrogen) atoms. The van der Waals surface area contributed by atoms with E-state index in [0.29, 0.717) is 11.4 Å². The van der Waals surface area contributed by atoms with E-state index in [-0.39, 0.29) is 12.5 Å². The molecule has 1 aromatic rings. The number of H-pyrrole nitrogens is 1. The van der Waals surface area contributed by atoms with Crippen LogP contribution in [-0.2, 0) is 0 Å². The summed E-state index contributed by atoms with van der Waals surface area (Å²) in [5, 5.41) is 11.9. The van der Waals surface area contributed by atoms with Crippen LogP contribution in [0.25, 0.3) is 0 Å². The third kappa shape index (κ3) is 3.10. The lowest BCUT2D eigenvalue weighted by atomic mass is 10.1. The molecule has 78 valence electrons. The molecule has 0 bridgehead atoms. The highest BCUT2D eigenvalue weighted by atomic mass is 16.3. The molecule has 0 spiro atoms. The molecule has 0 atom stereocenters. The van der Waals surface area contributed by atoms with E-state index in [1.165, 1.54) is 0 Å². The van der Waals surface area contributed by atoms with Gasteiger partial charge in [-0.1, -0.05) is 0 Å². The van der Waals surface area contributed by atoms with Crippen molar-refractivity contribution in [1.29, 1.82) is 0 Å². The van der Waals surface area contributed by atoms with Gasteiger partial charge in [0.25, 0.3) is 5.91 Å². The van der Waals surface area contributed by atoms with Gasteiger partial charge in [-0.3, -0.25) is 4.79 Å². The van der Waals surface area contributed by atoms with Crippen molar-refractivity contribution in [3.63, 3.8) is 0 Å². The normalized spacial score (nSPS) is 11.4. The van der Waals surface area contributed by atoms with Crippen molar-refractivity contribution >= 4 is 11.6 Å². The van der Waals surface area contributed by atoms with Crippen LogP contribution in [0.1, 0.15) is 24.3 Å². The van der Waals surface area contributed by atoms with Gasteiger partial charge in [-0.05, 0) is 19.9 Å². The molecule has 0 unspecified atom stereocenters. The van der Waals surface area contributed by atoms with Gasteiger partial charge in [-0.25, -0.2) is 0 Å². The number of aromatic nitrogens is 1. The minimum Gasteiger partial charge on any atom is -0.397 e. The Bertz CT molecular complexity index is 325. The number of hydrogen-bond acceptors (Lipinski definition) is 3. The molecular formula is C9H15N3O2. The quantitative estimate of drug-likeness (QED) is 0.553. The zero-order valence-electron chi connectivity index (χ0n) is 8.29. The standard InChI is InChI=1S/C9H15N3O2/c1-9(2,14)5-12-8(13)7-3-6(10)4-11-7/h3-4,11,14H,5,10H2,1-2H3,(H,12,13). The zero-order chi connectivity index (χ0) is 10.8. The highest BCUT2D eigenvalue weighted by Crippen LogP contribution is 2.05. The molecule has 0 aromatic carbocycles. The number of anilines is 1. The molecule has 1 aromatic heterocycles. The summed E-state index contributed by atoms with van der Waals surface area (Å²) in [5.74, 6) is -0.274. The molecular weight excluding hydrogens is 182 g/mol. The van der Waals surface area contributed by atoms with Gasteiger partial charge >= 0.3 is 0 Å². The van der Waals surface area contributed by atoms with E-state index in [1.807, 2.05) is 0 Å². The smallest absolute Gasteiger partial charge is 0.267 e. The number of nitrogens with two attached hydrogens (primary N) is 1. The maximum absolute atomic E-state index is 11.4. The van der Waals surface area contributed by atoms with Crippen LogP contribution in [0.2, 0.25) is 0 Å². The number of carbonyl (C=O) groups is 1. The van der Waals surface area contributed by atoms with Crippen LogP contribution < -0.4 is 11.1 Å². The highest BCUT2D eigenvalue weighted by molar-refractivity contribution is 5.93. The predicted octanol–water partition coefficient (Wildman–Crippen LogP) is 0.0976. The Kier molecular flexibility index (Phi) is 2.81. The first-order chi connectivity index (χ1) is 6.38. The molecule has 5 heteroatoms. The third-order valence-corrected chi connectivity index (χ3v) is 1.63. The van der Waals surface area contributed by atoms with E-state index in [1.54, 1.807) is 26.1 Å². The number of aromatic amines is 1. The van der Waals surface area contributed by atoms with Gasteiger partial charge in [0.2, 0.25) is 0 Å². The Hall–Kier alpha value is -1.49. The second kappa shape index (κ2) is 3.71. The summed E-state index contributed by atoms with van der Waals surface area (Å²) < 4.78 is 0. The van der Waals surface area contributed by atoms with Crippen molar-refractivity contribution in [3.05, 3.63) is 18.0 Å². The largest absolute Gasteiger partial charge is 0.397 e. The number of nitrogen functional groups attached to an aromatic ring is 1. The Morgan fingerprint density at radius 3 is 2.79 bits per heavy atom. The van der Waals surface area contributed by atoms with Gasteiger partial charge in [-0.2, -0.15) is 0 Å². The maximum atomic E-state index is 11.4. The van der Waals surface area contributed by atoms with Crippen LogP contribution in [-0.4, -0.2) is 28.1 Å². The van der Waals surface area contributed by atoms with Gasteiger partial charge < -0.3 is 21.1 Å². The van der Waals surface area contributed by atoms with Crippen LogP contribution in [0, 0.1) is 0 Å². The van der Waals surface area contributed by atoms with Crippen LogP contribution in [0.5, 0.6) is 0 Å². The zero-order valence-corrected chi connectivity index (χ0v) is 8.29. The van der Waals surface area contributed by atoms with Crippen molar-refractivity contribution in [1.82, 2.24) is 10.3 Å². The summed E-state index contributed by atoms with van der Waals surface area (Å²) in [6.45, 7) is 3.44. The van der Waals surface area contributed by atoms with Crippen LogP contribution >= 0.6 is 0 Å². The number of hydrogen-bond donors (Lipinski definition) is 4. The first-order valence-electron chi connectivity index (χ1n) is 4.33. The molecule has 0 aliphatic carbocycles. The second-order valence-corrected chi connectivity index (χ2v) is 3.84. The van der Waals surface area contributed by atoms with Crippen molar-refractivity contribution in [2.24, 2.45) is 0 Å². The second-order valence-electron chi connectivity index (χ2n) is 3.84. The average Bonchev–Trinajstić information content (AvgIpc) is 2.46. The topological polar surface area (TPSA) is 91.1 Å². The van der Waals surface area contributed by atoms with Crippen molar-refractivity contribution < 1.29 is 9.90 Å². The van der Waals surface area contributed by atoms with Gasteiger partial charge in [0.1, 0.15) is 5.69 Å². The molecule has 0 saturated carbocycles. The van der Waals surface area contributed by atoms with Crippen LogP contribution in [0.3, 0.4) is 0 Å².